The highest BCUT2D eigenvalue weighted by Gasteiger charge is 2.32. The maximum Gasteiger partial charge on any atom is 0.359 e. The Hall–Kier alpha value is 0.531. The van der Waals surface area contributed by atoms with Crippen molar-refractivity contribution in [2.75, 3.05) is 7.11 Å². The van der Waals surface area contributed by atoms with Gasteiger partial charge in [0.05, 0.1) is 7.11 Å². The molecule has 0 amide bonds. The average Bonchev–Trinajstić information content (AvgIpc) is 1.81. The Bertz CT molecular complexity index is 134. The van der Waals surface area contributed by atoms with Crippen molar-refractivity contribution in [2.45, 2.75) is 45.8 Å². The van der Waals surface area contributed by atoms with E-state index >= 15 is 0 Å². The topological polar surface area (TPSA) is 27.7 Å². The Kier molecular flexibility index (Phi) is 9.41. The second-order valence-electron chi connectivity index (χ2n) is 4.57. The van der Waals surface area contributed by atoms with Gasteiger partial charge in [-0.2, -0.15) is 0 Å². The molecule has 0 radical (unpaired) electrons. The van der Waals surface area contributed by atoms with Gasteiger partial charge in [-0.05, 0) is 32.7 Å². The van der Waals surface area contributed by atoms with Crippen LogP contribution < -0.4 is 0 Å². The van der Waals surface area contributed by atoms with Gasteiger partial charge in [0.1, 0.15) is 0 Å². The van der Waals surface area contributed by atoms with Crippen LogP contribution in [0.15, 0.2) is 0 Å². The number of hydrogen-bond donors (Lipinski definition) is 0. The van der Waals surface area contributed by atoms with Crippen molar-refractivity contribution in [1.82, 2.24) is 0 Å². The minimum atomic E-state index is -2.00. The lowest BCUT2D eigenvalue weighted by atomic mass is 11.8. The molecule has 0 saturated heterocycles. The van der Waals surface area contributed by atoms with Crippen molar-refractivity contribution in [3.05, 3.63) is 0 Å². The summed E-state index contributed by atoms with van der Waals surface area (Å²) in [6.45, 7) is 14.9. The molecule has 0 aliphatic rings. The first-order valence-corrected chi connectivity index (χ1v) is 14.2. The van der Waals surface area contributed by atoms with Crippen molar-refractivity contribution in [1.29, 1.82) is 0 Å². The molecule has 0 saturated carbocycles. The monoisotopic (exact) mass is 254 g/mol. The zero-order chi connectivity index (χ0) is 11.8. The summed E-state index contributed by atoms with van der Waals surface area (Å²) in [5, 5.41) is 0. The molecule has 0 spiro atoms. The van der Waals surface area contributed by atoms with E-state index in [-0.39, 0.29) is 0 Å². The summed E-state index contributed by atoms with van der Waals surface area (Å²) in [7, 11) is -1.54. The minimum absolute atomic E-state index is 0.417. The first-order chi connectivity index (χ1) is 6.18. The third kappa shape index (κ3) is 15.0. The molecular formula is C8H26O3Si3. The molecule has 88 valence electrons. The van der Waals surface area contributed by atoms with Crippen molar-refractivity contribution in [2.24, 2.45) is 0 Å². The molecule has 0 heterocycles. The second-order valence-corrected chi connectivity index (χ2v) is 14.0. The fraction of sp³-hybridized carbons (Fsp3) is 1.00. The van der Waals surface area contributed by atoms with Crippen LogP contribution in [0.2, 0.25) is 45.8 Å². The summed E-state index contributed by atoms with van der Waals surface area (Å²) in [5.41, 5.74) is 0. The fourth-order valence-corrected chi connectivity index (χ4v) is 7.39. The van der Waals surface area contributed by atoms with Gasteiger partial charge in [0.25, 0.3) is 0 Å². The van der Waals surface area contributed by atoms with Crippen LogP contribution in [0, 0.1) is 0 Å². The third-order valence-electron chi connectivity index (χ3n) is 0.836. The molecule has 0 fully saturated rings. The lowest BCUT2D eigenvalue weighted by Crippen LogP contribution is -2.44. The molecule has 0 rings (SSSR count). The van der Waals surface area contributed by atoms with Gasteiger partial charge in [0, 0.05) is 9.52 Å². The smallest absolute Gasteiger partial charge is 0.359 e. The van der Waals surface area contributed by atoms with E-state index in [9.17, 15) is 0 Å². The minimum Gasteiger partial charge on any atom is -0.435 e. The molecular weight excluding hydrogens is 228 g/mol. The first kappa shape index (κ1) is 16.9. The molecule has 0 aromatic rings. The van der Waals surface area contributed by atoms with E-state index in [1.807, 2.05) is 13.1 Å². The predicted molar refractivity (Wildman–Crippen MR) is 70.3 cm³/mol. The van der Waals surface area contributed by atoms with Crippen LogP contribution in [0.3, 0.4) is 0 Å². The molecule has 0 N–H and O–H groups in total. The van der Waals surface area contributed by atoms with E-state index in [0.717, 1.165) is 0 Å². The lowest BCUT2D eigenvalue weighted by molar-refractivity contribution is -0.200. The molecule has 0 atom stereocenters. The summed E-state index contributed by atoms with van der Waals surface area (Å²) in [6.07, 6.45) is 0. The zero-order valence-corrected chi connectivity index (χ0v) is 14.3. The van der Waals surface area contributed by atoms with Crippen molar-refractivity contribution in [3.63, 3.8) is 0 Å². The Morgan fingerprint density at radius 3 is 1.50 bits per heavy atom. The summed E-state index contributed by atoms with van der Waals surface area (Å²) in [4.78, 5) is 4.61. The van der Waals surface area contributed by atoms with Crippen molar-refractivity contribution in [3.8, 4) is 0 Å². The van der Waals surface area contributed by atoms with Crippen LogP contribution in [0.1, 0.15) is 0 Å². The Labute approximate surface area is 93.3 Å². The summed E-state index contributed by atoms with van der Waals surface area (Å²) >= 11 is 0. The van der Waals surface area contributed by atoms with Gasteiger partial charge in [-0.1, -0.05) is 13.1 Å². The van der Waals surface area contributed by atoms with Gasteiger partial charge < -0.3 is 4.12 Å². The van der Waals surface area contributed by atoms with Gasteiger partial charge in [-0.15, -0.1) is 0 Å². The molecule has 0 aromatic carbocycles. The standard InChI is InChI=1S/C6H18O3Si2.C2H8Si/c1-7-8-11(5,6)9-10(2,3)4;1-3-2/h1-6H3;3H2,1-2H3. The van der Waals surface area contributed by atoms with E-state index in [0.29, 0.717) is 9.52 Å². The normalized spacial score (nSPS) is 12.0. The highest BCUT2D eigenvalue weighted by atomic mass is 28.4. The zero-order valence-electron chi connectivity index (χ0n) is 10.9. The molecule has 0 aliphatic heterocycles. The van der Waals surface area contributed by atoms with Crippen LogP contribution in [0.25, 0.3) is 0 Å². The molecule has 3 nitrogen and oxygen atoms in total. The largest absolute Gasteiger partial charge is 0.435 e. The molecule has 0 unspecified atom stereocenters. The summed E-state index contributed by atoms with van der Waals surface area (Å²) < 4.78 is 10.9. The van der Waals surface area contributed by atoms with Crippen LogP contribution in [-0.2, 0) is 13.6 Å². The van der Waals surface area contributed by atoms with Gasteiger partial charge in [0.15, 0.2) is 8.32 Å². The van der Waals surface area contributed by atoms with Gasteiger partial charge in [-0.25, -0.2) is 4.89 Å². The van der Waals surface area contributed by atoms with E-state index < -0.39 is 16.9 Å². The lowest BCUT2D eigenvalue weighted by Gasteiger charge is -2.28. The van der Waals surface area contributed by atoms with Crippen molar-refractivity contribution >= 4 is 26.4 Å². The number of rotatable bonds is 4. The van der Waals surface area contributed by atoms with Gasteiger partial charge in [-0.3, -0.25) is 4.58 Å². The van der Waals surface area contributed by atoms with Crippen LogP contribution in [0.4, 0.5) is 0 Å². The maximum atomic E-state index is 5.80. The summed E-state index contributed by atoms with van der Waals surface area (Å²) in [5.74, 6) is 0. The van der Waals surface area contributed by atoms with Crippen LogP contribution in [-0.4, -0.2) is 33.5 Å². The molecule has 0 bridgehead atoms. The van der Waals surface area contributed by atoms with Crippen LogP contribution in [0.5, 0.6) is 0 Å². The third-order valence-corrected chi connectivity index (χ3v) is 5.82. The van der Waals surface area contributed by atoms with Crippen molar-refractivity contribution < 1.29 is 13.6 Å². The van der Waals surface area contributed by atoms with Gasteiger partial charge >= 0.3 is 8.56 Å². The van der Waals surface area contributed by atoms with Crippen LogP contribution >= 0.6 is 0 Å². The second kappa shape index (κ2) is 7.77. The molecule has 14 heavy (non-hydrogen) atoms. The SMILES string of the molecule is COO[Si](C)(C)O[Si](C)(C)C.C[SiH2]C. The Morgan fingerprint density at radius 1 is 0.929 bits per heavy atom. The highest BCUT2D eigenvalue weighted by Crippen LogP contribution is 2.14. The van der Waals surface area contributed by atoms with E-state index in [4.69, 9.17) is 8.69 Å². The molecule has 0 aromatic heterocycles. The van der Waals surface area contributed by atoms with E-state index in [1.165, 1.54) is 7.11 Å². The average molecular weight is 255 g/mol. The summed E-state index contributed by atoms with van der Waals surface area (Å²) in [6, 6.07) is 0. The Morgan fingerprint density at radius 2 is 1.29 bits per heavy atom. The van der Waals surface area contributed by atoms with E-state index in [1.54, 1.807) is 0 Å². The number of hydrogen-bond acceptors (Lipinski definition) is 3. The fourth-order valence-electron chi connectivity index (χ4n) is 0.955. The first-order valence-electron chi connectivity index (χ1n) is 5.10. The highest BCUT2D eigenvalue weighted by molar-refractivity contribution is 6.81. The maximum absolute atomic E-state index is 5.80. The predicted octanol–water partition coefficient (Wildman–Crippen LogP) is 2.37. The Balaban J connectivity index is 0. The van der Waals surface area contributed by atoms with Gasteiger partial charge in [0.2, 0.25) is 0 Å². The molecule has 6 heteroatoms. The quantitative estimate of drug-likeness (QED) is 0.438. The molecule has 0 aliphatic carbocycles. The van der Waals surface area contributed by atoms with E-state index in [2.05, 4.69) is 37.6 Å².